The third-order valence-corrected chi connectivity index (χ3v) is 7.15. The third kappa shape index (κ3) is 3.36. The summed E-state index contributed by atoms with van der Waals surface area (Å²) >= 11 is 1.92. The number of aromatic nitrogens is 2. The maximum absolute atomic E-state index is 4.83. The molecule has 0 bridgehead atoms. The van der Waals surface area contributed by atoms with E-state index in [0.29, 0.717) is 0 Å². The zero-order valence-corrected chi connectivity index (χ0v) is 15.9. The predicted octanol–water partition coefficient (Wildman–Crippen LogP) is 5.42. The van der Waals surface area contributed by atoms with Crippen LogP contribution in [0.5, 0.6) is 0 Å². The molecule has 0 atom stereocenters. The molecule has 2 fully saturated rings. The molecule has 0 unspecified atom stereocenters. The first-order chi connectivity index (χ1) is 11.7. The number of hydrogen-bond donors (Lipinski definition) is 0. The van der Waals surface area contributed by atoms with Crippen molar-refractivity contribution in [2.24, 2.45) is 0 Å². The highest BCUT2D eigenvalue weighted by Crippen LogP contribution is 2.39. The maximum atomic E-state index is 4.83. The average molecular weight is 344 g/mol. The predicted molar refractivity (Wildman–Crippen MR) is 102 cm³/mol. The van der Waals surface area contributed by atoms with Crippen molar-refractivity contribution in [3.05, 3.63) is 22.5 Å². The van der Waals surface area contributed by atoms with Crippen LogP contribution in [-0.2, 0) is 6.54 Å². The van der Waals surface area contributed by atoms with Gasteiger partial charge in [0.2, 0.25) is 0 Å². The summed E-state index contributed by atoms with van der Waals surface area (Å²) in [5, 5.41) is 1.32. The molecule has 130 valence electrons. The van der Waals surface area contributed by atoms with Crippen molar-refractivity contribution in [1.82, 2.24) is 14.9 Å². The Morgan fingerprint density at radius 2 is 1.75 bits per heavy atom. The molecule has 24 heavy (non-hydrogen) atoms. The van der Waals surface area contributed by atoms with E-state index in [2.05, 4.69) is 18.0 Å². The zero-order chi connectivity index (χ0) is 16.5. The highest BCUT2D eigenvalue weighted by atomic mass is 32.1. The number of aryl methyl sites for hydroxylation is 1. The first kappa shape index (κ1) is 16.5. The summed E-state index contributed by atoms with van der Waals surface area (Å²) in [6.07, 6.45) is 12.4. The van der Waals surface area contributed by atoms with Gasteiger partial charge in [0.15, 0.2) is 0 Å². The Labute approximate surface area is 149 Å². The molecule has 2 aliphatic rings. The van der Waals surface area contributed by atoms with Gasteiger partial charge in [0.25, 0.3) is 0 Å². The Balaban J connectivity index is 1.62. The summed E-state index contributed by atoms with van der Waals surface area (Å²) in [4.78, 5) is 14.8. The van der Waals surface area contributed by atoms with E-state index in [1.807, 2.05) is 18.3 Å². The second kappa shape index (κ2) is 7.09. The van der Waals surface area contributed by atoms with Crippen LogP contribution >= 0.6 is 11.3 Å². The topological polar surface area (TPSA) is 29.0 Å². The normalized spacial score (nSPS) is 20.5. The molecule has 0 aliphatic heterocycles. The summed E-state index contributed by atoms with van der Waals surface area (Å²) < 4.78 is 0. The van der Waals surface area contributed by atoms with Gasteiger partial charge in [-0.15, -0.1) is 11.3 Å². The molecular weight excluding hydrogens is 314 g/mol. The van der Waals surface area contributed by atoms with Crippen molar-refractivity contribution in [2.45, 2.75) is 83.2 Å². The first-order valence-corrected chi connectivity index (χ1v) is 10.5. The summed E-state index contributed by atoms with van der Waals surface area (Å²) in [6, 6.07) is 3.17. The van der Waals surface area contributed by atoms with Crippen molar-refractivity contribution in [3.63, 3.8) is 0 Å². The van der Waals surface area contributed by atoms with Gasteiger partial charge in [0, 0.05) is 22.8 Å². The molecular formula is C20H29N3S. The smallest absolute Gasteiger partial charge is 0.127 e. The molecule has 2 aromatic heterocycles. The SMILES string of the molecule is Cc1nc(CN(C)C2CCCC2)c2cc(C3CCCCC3)sc2n1. The zero-order valence-electron chi connectivity index (χ0n) is 15.1. The molecule has 2 aromatic rings. The Kier molecular flexibility index (Phi) is 4.86. The molecule has 0 aromatic carbocycles. The molecule has 0 spiro atoms. The second-order valence-electron chi connectivity index (χ2n) is 7.77. The molecule has 0 saturated heterocycles. The van der Waals surface area contributed by atoms with Gasteiger partial charge in [-0.25, -0.2) is 9.97 Å². The van der Waals surface area contributed by atoms with Gasteiger partial charge in [-0.05, 0) is 51.6 Å². The Morgan fingerprint density at radius 1 is 1.04 bits per heavy atom. The van der Waals surface area contributed by atoms with E-state index < -0.39 is 0 Å². The standard InChI is InChI=1S/C20H29N3S/c1-14-21-18(13-23(2)16-10-6-7-11-16)17-12-19(24-20(17)22-14)15-8-4-3-5-9-15/h12,15-16H,3-11,13H2,1-2H3. The van der Waals surface area contributed by atoms with E-state index in [1.165, 1.54) is 73.7 Å². The molecule has 2 heterocycles. The van der Waals surface area contributed by atoms with Gasteiger partial charge in [-0.3, -0.25) is 4.90 Å². The number of hydrogen-bond acceptors (Lipinski definition) is 4. The van der Waals surface area contributed by atoms with Crippen LogP contribution in [0.4, 0.5) is 0 Å². The minimum absolute atomic E-state index is 0.742. The second-order valence-corrected chi connectivity index (χ2v) is 8.84. The number of thiophene rings is 1. The fraction of sp³-hybridized carbons (Fsp3) is 0.700. The highest BCUT2D eigenvalue weighted by Gasteiger charge is 2.23. The molecule has 0 N–H and O–H groups in total. The largest absolute Gasteiger partial charge is 0.298 e. The van der Waals surface area contributed by atoms with Crippen LogP contribution in [0.25, 0.3) is 10.2 Å². The summed E-state index contributed by atoms with van der Waals surface area (Å²) in [6.45, 7) is 3.00. The summed E-state index contributed by atoms with van der Waals surface area (Å²) in [5.41, 5.74) is 1.24. The van der Waals surface area contributed by atoms with Gasteiger partial charge in [0.05, 0.1) is 5.69 Å². The van der Waals surface area contributed by atoms with Crippen LogP contribution in [-0.4, -0.2) is 28.0 Å². The average Bonchev–Trinajstić information content (AvgIpc) is 3.25. The fourth-order valence-electron chi connectivity index (χ4n) is 4.54. The van der Waals surface area contributed by atoms with Gasteiger partial charge < -0.3 is 0 Å². The van der Waals surface area contributed by atoms with E-state index in [-0.39, 0.29) is 0 Å². The third-order valence-electron chi connectivity index (χ3n) is 5.96. The van der Waals surface area contributed by atoms with Gasteiger partial charge in [0.1, 0.15) is 10.7 Å². The lowest BCUT2D eigenvalue weighted by atomic mass is 9.88. The minimum Gasteiger partial charge on any atom is -0.298 e. The van der Waals surface area contributed by atoms with E-state index in [4.69, 9.17) is 9.97 Å². The van der Waals surface area contributed by atoms with Crippen LogP contribution in [0.1, 0.15) is 80.1 Å². The lowest BCUT2D eigenvalue weighted by molar-refractivity contribution is 0.235. The van der Waals surface area contributed by atoms with Crippen molar-refractivity contribution >= 4 is 21.6 Å². The highest BCUT2D eigenvalue weighted by molar-refractivity contribution is 7.18. The van der Waals surface area contributed by atoms with Crippen LogP contribution in [0.3, 0.4) is 0 Å². The van der Waals surface area contributed by atoms with Gasteiger partial charge in [-0.2, -0.15) is 0 Å². The van der Waals surface area contributed by atoms with E-state index in [1.54, 1.807) is 4.88 Å². The fourth-order valence-corrected chi connectivity index (χ4v) is 5.80. The Morgan fingerprint density at radius 3 is 2.50 bits per heavy atom. The number of nitrogens with zero attached hydrogens (tertiary/aromatic N) is 3. The molecule has 0 amide bonds. The van der Waals surface area contributed by atoms with E-state index in [0.717, 1.165) is 24.3 Å². The van der Waals surface area contributed by atoms with Gasteiger partial charge in [-0.1, -0.05) is 32.1 Å². The number of fused-ring (bicyclic) bond motifs is 1. The van der Waals surface area contributed by atoms with Gasteiger partial charge >= 0.3 is 0 Å². The maximum Gasteiger partial charge on any atom is 0.127 e. The lowest BCUT2D eigenvalue weighted by Crippen LogP contribution is -2.29. The van der Waals surface area contributed by atoms with Crippen molar-refractivity contribution in [3.8, 4) is 0 Å². The monoisotopic (exact) mass is 343 g/mol. The lowest BCUT2D eigenvalue weighted by Gasteiger charge is -2.23. The molecule has 2 aliphatic carbocycles. The molecule has 4 heteroatoms. The van der Waals surface area contributed by atoms with Crippen molar-refractivity contribution < 1.29 is 0 Å². The molecule has 3 nitrogen and oxygen atoms in total. The van der Waals surface area contributed by atoms with Crippen LogP contribution in [0.2, 0.25) is 0 Å². The molecule has 2 saturated carbocycles. The summed E-state index contributed by atoms with van der Waals surface area (Å²) in [5.74, 6) is 1.69. The van der Waals surface area contributed by atoms with Crippen LogP contribution < -0.4 is 0 Å². The van der Waals surface area contributed by atoms with E-state index in [9.17, 15) is 0 Å². The first-order valence-electron chi connectivity index (χ1n) is 9.68. The Hall–Kier alpha value is -1.00. The van der Waals surface area contributed by atoms with Crippen molar-refractivity contribution in [2.75, 3.05) is 7.05 Å². The number of rotatable bonds is 4. The van der Waals surface area contributed by atoms with E-state index >= 15 is 0 Å². The molecule has 0 radical (unpaired) electrons. The van der Waals surface area contributed by atoms with Crippen LogP contribution in [0.15, 0.2) is 6.07 Å². The van der Waals surface area contributed by atoms with Crippen molar-refractivity contribution in [1.29, 1.82) is 0 Å². The summed E-state index contributed by atoms with van der Waals surface area (Å²) in [7, 11) is 2.27. The minimum atomic E-state index is 0.742. The quantitative estimate of drug-likeness (QED) is 0.742. The molecule has 4 rings (SSSR count). The Bertz CT molecular complexity index is 696. The van der Waals surface area contributed by atoms with Crippen LogP contribution in [0, 0.1) is 6.92 Å².